The van der Waals surface area contributed by atoms with E-state index in [1.807, 2.05) is 61.5 Å². The highest BCUT2D eigenvalue weighted by Crippen LogP contribution is 2.23. The number of hydrogen-bond donors (Lipinski definition) is 1. The van der Waals surface area contributed by atoms with E-state index in [4.69, 9.17) is 0 Å². The van der Waals surface area contributed by atoms with Gasteiger partial charge in [-0.15, -0.1) is 0 Å². The predicted octanol–water partition coefficient (Wildman–Crippen LogP) is 5.53. The Kier molecular flexibility index (Phi) is 11.6. The largest absolute Gasteiger partial charge is 0.354 e. The van der Waals surface area contributed by atoms with Crippen LogP contribution in [0.4, 0.5) is 5.69 Å². The molecule has 0 saturated heterocycles. The maximum absolute atomic E-state index is 14.0. The van der Waals surface area contributed by atoms with Crippen molar-refractivity contribution in [2.75, 3.05) is 23.7 Å². The first kappa shape index (κ1) is 30.8. The lowest BCUT2D eigenvalue weighted by Gasteiger charge is -2.33. The number of anilines is 1. The van der Waals surface area contributed by atoms with Gasteiger partial charge in [0.2, 0.25) is 21.8 Å². The number of hydrogen-bond acceptors (Lipinski definition) is 4. The van der Waals surface area contributed by atoms with Gasteiger partial charge in [-0.05, 0) is 53.9 Å². The summed E-state index contributed by atoms with van der Waals surface area (Å²) in [7, 11) is -3.80. The van der Waals surface area contributed by atoms with Gasteiger partial charge in [-0.1, -0.05) is 87.7 Å². The quantitative estimate of drug-likeness (QED) is 0.241. The van der Waals surface area contributed by atoms with Crippen molar-refractivity contribution < 1.29 is 18.0 Å². The zero-order chi connectivity index (χ0) is 28.4. The Balaban J connectivity index is 2.02. The van der Waals surface area contributed by atoms with E-state index in [-0.39, 0.29) is 18.9 Å². The molecule has 1 N–H and O–H groups in total. The molecule has 0 heterocycles. The molecule has 2 amide bonds. The Hall–Kier alpha value is -2.69. The molecule has 3 aromatic carbocycles. The molecule has 1 unspecified atom stereocenters. The maximum atomic E-state index is 14.0. The Morgan fingerprint density at radius 2 is 1.56 bits per heavy atom. The number of nitrogens with one attached hydrogen (secondary N) is 1. The van der Waals surface area contributed by atoms with Crippen molar-refractivity contribution >= 4 is 59.4 Å². The SMILES string of the molecule is CCCCNC(=O)C(Cc1ccccc1)N(Cc1cccc(Br)c1)C(=O)CN(c1ccc(Br)cc1)S(C)(=O)=O. The van der Waals surface area contributed by atoms with Gasteiger partial charge in [0, 0.05) is 28.5 Å². The van der Waals surface area contributed by atoms with E-state index in [1.165, 1.54) is 4.90 Å². The van der Waals surface area contributed by atoms with Crippen molar-refractivity contribution in [3.63, 3.8) is 0 Å². The summed E-state index contributed by atoms with van der Waals surface area (Å²) in [5.41, 5.74) is 2.07. The highest BCUT2D eigenvalue weighted by molar-refractivity contribution is 9.10. The molecule has 0 saturated carbocycles. The summed E-state index contributed by atoms with van der Waals surface area (Å²) in [5.74, 6) is -0.750. The zero-order valence-electron chi connectivity index (χ0n) is 22.0. The molecule has 10 heteroatoms. The number of halogens is 2. The summed E-state index contributed by atoms with van der Waals surface area (Å²) >= 11 is 6.84. The molecular formula is C29H33Br2N3O4S. The standard InChI is InChI=1S/C29H33Br2N3O4S/c1-3-4-17-32-29(36)27(19-22-9-6-5-7-10-22)33(20-23-11-8-12-25(31)18-23)28(35)21-34(39(2,37)38)26-15-13-24(30)14-16-26/h5-16,18,27H,3-4,17,19-21H2,1-2H3,(H,32,36). The highest BCUT2D eigenvalue weighted by atomic mass is 79.9. The van der Waals surface area contributed by atoms with Crippen LogP contribution in [0, 0.1) is 0 Å². The van der Waals surface area contributed by atoms with Crippen LogP contribution in [0.5, 0.6) is 0 Å². The first-order valence-electron chi connectivity index (χ1n) is 12.7. The van der Waals surface area contributed by atoms with Crippen LogP contribution in [0.3, 0.4) is 0 Å². The third-order valence-corrected chi connectivity index (χ3v) is 8.30. The number of sulfonamides is 1. The van der Waals surface area contributed by atoms with Gasteiger partial charge >= 0.3 is 0 Å². The van der Waals surface area contributed by atoms with Crippen LogP contribution >= 0.6 is 31.9 Å². The lowest BCUT2D eigenvalue weighted by atomic mass is 10.0. The van der Waals surface area contributed by atoms with E-state index in [1.54, 1.807) is 24.3 Å². The van der Waals surface area contributed by atoms with E-state index in [9.17, 15) is 18.0 Å². The molecule has 0 bridgehead atoms. The minimum absolute atomic E-state index is 0.134. The molecule has 0 aliphatic rings. The number of carbonyl (C=O) groups excluding carboxylic acids is 2. The van der Waals surface area contributed by atoms with Crippen LogP contribution in [0.25, 0.3) is 0 Å². The summed E-state index contributed by atoms with van der Waals surface area (Å²) in [6.45, 7) is 2.23. The van der Waals surface area contributed by atoms with Crippen LogP contribution in [-0.2, 0) is 32.6 Å². The number of nitrogens with zero attached hydrogens (tertiary/aromatic N) is 2. The topological polar surface area (TPSA) is 86.8 Å². The summed E-state index contributed by atoms with van der Waals surface area (Å²) in [6.07, 6.45) is 3.09. The lowest BCUT2D eigenvalue weighted by molar-refractivity contribution is -0.140. The summed E-state index contributed by atoms with van der Waals surface area (Å²) in [6, 6.07) is 22.9. The predicted molar refractivity (Wildman–Crippen MR) is 163 cm³/mol. The third kappa shape index (κ3) is 9.47. The second-order valence-corrected chi connectivity index (χ2v) is 13.0. The fourth-order valence-electron chi connectivity index (χ4n) is 4.11. The Labute approximate surface area is 247 Å². The number of carbonyl (C=O) groups is 2. The van der Waals surface area contributed by atoms with Gasteiger partial charge in [0.05, 0.1) is 11.9 Å². The van der Waals surface area contributed by atoms with Gasteiger partial charge in [0.15, 0.2) is 0 Å². The van der Waals surface area contributed by atoms with E-state index in [2.05, 4.69) is 37.2 Å². The molecule has 39 heavy (non-hydrogen) atoms. The molecule has 208 valence electrons. The molecule has 3 rings (SSSR count). The average molecular weight is 679 g/mol. The molecule has 0 spiro atoms. The van der Waals surface area contributed by atoms with Crippen molar-refractivity contribution in [1.29, 1.82) is 0 Å². The minimum atomic E-state index is -3.80. The van der Waals surface area contributed by atoms with Gasteiger partial charge < -0.3 is 10.2 Å². The molecule has 0 aliphatic carbocycles. The Bertz CT molecular complexity index is 1350. The van der Waals surface area contributed by atoms with Crippen molar-refractivity contribution in [2.24, 2.45) is 0 Å². The normalized spacial score (nSPS) is 12.0. The second kappa shape index (κ2) is 14.6. The Morgan fingerprint density at radius 3 is 2.18 bits per heavy atom. The second-order valence-electron chi connectivity index (χ2n) is 9.25. The molecule has 0 aromatic heterocycles. The molecule has 0 aliphatic heterocycles. The van der Waals surface area contributed by atoms with E-state index in [0.717, 1.165) is 43.5 Å². The number of benzene rings is 3. The smallest absolute Gasteiger partial charge is 0.244 e. The van der Waals surface area contributed by atoms with Gasteiger partial charge in [0.25, 0.3) is 0 Å². The molecular weight excluding hydrogens is 646 g/mol. The van der Waals surface area contributed by atoms with Gasteiger partial charge in [-0.3, -0.25) is 13.9 Å². The lowest BCUT2D eigenvalue weighted by Crippen LogP contribution is -2.53. The van der Waals surface area contributed by atoms with Crippen molar-refractivity contribution in [2.45, 2.75) is 38.8 Å². The molecule has 1 atom stereocenters. The Morgan fingerprint density at radius 1 is 0.897 bits per heavy atom. The van der Waals surface area contributed by atoms with E-state index < -0.39 is 28.5 Å². The summed E-state index contributed by atoms with van der Waals surface area (Å²) in [4.78, 5) is 29.1. The van der Waals surface area contributed by atoms with Gasteiger partial charge in [0.1, 0.15) is 12.6 Å². The van der Waals surface area contributed by atoms with Crippen LogP contribution in [-0.4, -0.2) is 50.5 Å². The van der Waals surface area contributed by atoms with Crippen LogP contribution in [0.2, 0.25) is 0 Å². The van der Waals surface area contributed by atoms with Crippen LogP contribution in [0.15, 0.2) is 87.8 Å². The van der Waals surface area contributed by atoms with Crippen molar-refractivity contribution in [1.82, 2.24) is 10.2 Å². The van der Waals surface area contributed by atoms with Gasteiger partial charge in [-0.2, -0.15) is 0 Å². The van der Waals surface area contributed by atoms with E-state index >= 15 is 0 Å². The van der Waals surface area contributed by atoms with Gasteiger partial charge in [-0.25, -0.2) is 8.42 Å². The molecule has 0 radical (unpaired) electrons. The minimum Gasteiger partial charge on any atom is -0.354 e. The first-order chi connectivity index (χ1) is 18.6. The van der Waals surface area contributed by atoms with Crippen LogP contribution in [0.1, 0.15) is 30.9 Å². The monoisotopic (exact) mass is 677 g/mol. The fourth-order valence-corrected chi connectivity index (χ4v) is 5.67. The maximum Gasteiger partial charge on any atom is 0.244 e. The third-order valence-electron chi connectivity index (χ3n) is 6.14. The van der Waals surface area contributed by atoms with Crippen LogP contribution < -0.4 is 9.62 Å². The number of amides is 2. The fraction of sp³-hybridized carbons (Fsp3) is 0.310. The summed E-state index contributed by atoms with van der Waals surface area (Å²) in [5, 5.41) is 2.98. The highest BCUT2D eigenvalue weighted by Gasteiger charge is 2.33. The molecule has 3 aromatic rings. The average Bonchev–Trinajstić information content (AvgIpc) is 2.90. The van der Waals surface area contributed by atoms with Crippen molar-refractivity contribution in [3.05, 3.63) is 98.9 Å². The zero-order valence-corrected chi connectivity index (χ0v) is 26.0. The first-order valence-corrected chi connectivity index (χ1v) is 16.1. The molecule has 7 nitrogen and oxygen atoms in total. The van der Waals surface area contributed by atoms with Crippen molar-refractivity contribution in [3.8, 4) is 0 Å². The van der Waals surface area contributed by atoms with E-state index in [0.29, 0.717) is 12.2 Å². The molecule has 0 fully saturated rings. The number of unbranched alkanes of at least 4 members (excludes halogenated alkanes) is 1. The number of rotatable bonds is 13. The summed E-state index contributed by atoms with van der Waals surface area (Å²) < 4.78 is 28.3.